The molecule has 1 amide bonds. The van der Waals surface area contributed by atoms with Gasteiger partial charge in [0.25, 0.3) is 12.4 Å². The summed E-state index contributed by atoms with van der Waals surface area (Å²) in [7, 11) is -3.48. The van der Waals surface area contributed by atoms with E-state index in [0.29, 0.717) is 19.4 Å². The second kappa shape index (κ2) is 18.7. The summed E-state index contributed by atoms with van der Waals surface area (Å²) in [4.78, 5) is 46.2. The summed E-state index contributed by atoms with van der Waals surface area (Å²) in [5.74, 6) is 0.156. The molecule has 0 aromatic heterocycles. The molecule has 1 atom stereocenters. The number of nitrogens with zero attached hydrogens (tertiary/aromatic N) is 2. The van der Waals surface area contributed by atoms with Crippen molar-refractivity contribution < 1.29 is 32.7 Å². The molecule has 9 nitrogen and oxygen atoms in total. The van der Waals surface area contributed by atoms with E-state index in [1.165, 1.54) is 21.6 Å². The number of Topliss-reactive ketones (excluding diaryl/α,β-unsaturated/α-hetero) is 1. The first-order valence-corrected chi connectivity index (χ1v) is 17.7. The zero-order valence-electron chi connectivity index (χ0n) is 26.0. The third-order valence-corrected chi connectivity index (χ3v) is 10.7. The Kier molecular flexibility index (Phi) is 15.8. The monoisotopic (exact) mass is 646 g/mol. The maximum absolute atomic E-state index is 12.8. The fraction of sp³-hybridized carbons (Fsp3) is 0.515. The van der Waals surface area contributed by atoms with E-state index in [2.05, 4.69) is 12.1 Å². The number of carbonyl (C=O) groups excluding carboxylic acids is 3. The average Bonchev–Trinajstić information content (AvgIpc) is 3.74. The zero-order valence-corrected chi connectivity index (χ0v) is 27.7. The molecule has 2 saturated heterocycles. The largest absolute Gasteiger partial charge is 0.483 e. The number of hydrogen-bond donors (Lipinski definition) is 1. The lowest BCUT2D eigenvalue weighted by Gasteiger charge is -2.23. The number of hydrogen-bond acceptors (Lipinski definition) is 7. The summed E-state index contributed by atoms with van der Waals surface area (Å²) in [5.41, 5.74) is 1.52. The van der Waals surface area contributed by atoms with Gasteiger partial charge in [-0.3, -0.25) is 19.2 Å². The van der Waals surface area contributed by atoms with Crippen LogP contribution in [0.25, 0.3) is 0 Å². The number of thioether (sulfide) groups is 1. The molecule has 0 aliphatic carbocycles. The molecule has 0 saturated carbocycles. The summed E-state index contributed by atoms with van der Waals surface area (Å²) >= 11 is 1.27. The lowest BCUT2D eigenvalue weighted by Crippen LogP contribution is -2.41. The normalized spacial score (nSPS) is 16.7. The summed E-state index contributed by atoms with van der Waals surface area (Å²) < 4.78 is 27.0. The minimum absolute atomic E-state index is 0.0165. The van der Waals surface area contributed by atoms with Crippen molar-refractivity contribution in [3.63, 3.8) is 0 Å². The highest BCUT2D eigenvalue weighted by atomic mass is 32.2. The lowest BCUT2D eigenvalue weighted by molar-refractivity contribution is -0.148. The van der Waals surface area contributed by atoms with Crippen LogP contribution in [-0.2, 0) is 41.4 Å². The number of likely N-dealkylation sites (tertiary alicyclic amines) is 1. The van der Waals surface area contributed by atoms with Crippen molar-refractivity contribution in [2.75, 3.05) is 25.4 Å². The van der Waals surface area contributed by atoms with Gasteiger partial charge in [0.1, 0.15) is 0 Å². The molecule has 0 bridgehead atoms. The van der Waals surface area contributed by atoms with E-state index in [1.807, 2.05) is 69.3 Å². The Labute approximate surface area is 266 Å². The van der Waals surface area contributed by atoms with E-state index in [0.717, 1.165) is 56.5 Å². The van der Waals surface area contributed by atoms with Crippen LogP contribution in [0.5, 0.6) is 0 Å². The van der Waals surface area contributed by atoms with Gasteiger partial charge in [0.2, 0.25) is 20.9 Å². The number of ketones is 1. The van der Waals surface area contributed by atoms with Crippen molar-refractivity contribution in [2.45, 2.75) is 77.5 Å². The molecule has 2 aliphatic heterocycles. The quantitative estimate of drug-likeness (QED) is 0.201. The Hall–Kier alpha value is -3.02. The van der Waals surface area contributed by atoms with E-state index in [1.54, 1.807) is 4.90 Å². The van der Waals surface area contributed by atoms with Gasteiger partial charge in [-0.25, -0.2) is 8.42 Å². The van der Waals surface area contributed by atoms with Gasteiger partial charge in [-0.2, -0.15) is 4.31 Å². The third-order valence-electron chi connectivity index (χ3n) is 7.81. The van der Waals surface area contributed by atoms with Crippen LogP contribution in [0.15, 0.2) is 60.7 Å². The Bertz CT molecular complexity index is 1300. The number of aryl methyl sites for hydroxylation is 1. The molecule has 2 heterocycles. The van der Waals surface area contributed by atoms with Crippen LogP contribution in [0.1, 0.15) is 70.4 Å². The van der Waals surface area contributed by atoms with Gasteiger partial charge in [-0.05, 0) is 56.1 Å². The highest BCUT2D eigenvalue weighted by molar-refractivity contribution is 8.13. The Morgan fingerprint density at radius 3 is 2.02 bits per heavy atom. The summed E-state index contributed by atoms with van der Waals surface area (Å²) in [6.07, 6.45) is 5.99. The predicted octanol–water partition coefficient (Wildman–Crippen LogP) is 5.19. The molecule has 0 unspecified atom stereocenters. The highest BCUT2D eigenvalue weighted by Gasteiger charge is 2.38. The fourth-order valence-corrected chi connectivity index (χ4v) is 7.65. The minimum Gasteiger partial charge on any atom is -0.483 e. The number of carbonyl (C=O) groups is 4. The highest BCUT2D eigenvalue weighted by Crippen LogP contribution is 2.28. The zero-order chi connectivity index (χ0) is 32.6. The van der Waals surface area contributed by atoms with Crippen molar-refractivity contribution in [2.24, 2.45) is 5.41 Å². The molecule has 2 aromatic carbocycles. The molecule has 1 N–H and O–H groups in total. The third kappa shape index (κ3) is 11.8. The number of benzene rings is 2. The van der Waals surface area contributed by atoms with Crippen molar-refractivity contribution in [3.05, 3.63) is 71.8 Å². The van der Waals surface area contributed by atoms with Crippen molar-refractivity contribution in [1.82, 2.24) is 9.21 Å². The van der Waals surface area contributed by atoms with Gasteiger partial charge >= 0.3 is 0 Å². The number of rotatable bonds is 11. The van der Waals surface area contributed by atoms with Crippen molar-refractivity contribution in [3.8, 4) is 0 Å². The smallest absolute Gasteiger partial charge is 0.290 e. The maximum atomic E-state index is 12.8. The topological polar surface area (TPSA) is 129 Å². The maximum Gasteiger partial charge on any atom is 0.290 e. The first-order valence-electron chi connectivity index (χ1n) is 15.1. The van der Waals surface area contributed by atoms with Crippen LogP contribution in [-0.4, -0.2) is 77.4 Å². The Morgan fingerprint density at radius 1 is 0.932 bits per heavy atom. The van der Waals surface area contributed by atoms with Gasteiger partial charge in [-0.15, -0.1) is 0 Å². The van der Waals surface area contributed by atoms with E-state index >= 15 is 0 Å². The van der Waals surface area contributed by atoms with Gasteiger partial charge < -0.3 is 10.0 Å². The van der Waals surface area contributed by atoms with E-state index < -0.39 is 21.5 Å². The molecule has 11 heteroatoms. The molecule has 0 radical (unpaired) electrons. The molecule has 0 spiro atoms. The summed E-state index contributed by atoms with van der Waals surface area (Å²) in [6.45, 7) is 7.31. The Morgan fingerprint density at radius 2 is 1.48 bits per heavy atom. The van der Waals surface area contributed by atoms with Gasteiger partial charge in [-0.1, -0.05) is 93.2 Å². The SMILES string of the molecule is CCC(C)(C)C(=O)C(=O)N1CCCC1.O=C(SCCCc1ccccc1)[C@@H]1CCCN1S(=O)(=O)Cc1ccccc1.O=CO. The number of amides is 1. The van der Waals surface area contributed by atoms with Crippen LogP contribution < -0.4 is 0 Å². The van der Waals surface area contributed by atoms with Gasteiger partial charge in [0.15, 0.2) is 0 Å². The van der Waals surface area contributed by atoms with Crippen LogP contribution in [0, 0.1) is 5.41 Å². The molecular formula is C33H46N2O7S2. The molecule has 44 heavy (non-hydrogen) atoms. The first kappa shape index (κ1) is 37.2. The molecule has 4 rings (SSSR count). The molecule has 2 fully saturated rings. The summed E-state index contributed by atoms with van der Waals surface area (Å²) in [6, 6.07) is 18.8. The van der Waals surface area contributed by atoms with E-state index in [-0.39, 0.29) is 29.0 Å². The van der Waals surface area contributed by atoms with Crippen molar-refractivity contribution in [1.29, 1.82) is 0 Å². The van der Waals surface area contributed by atoms with Gasteiger partial charge in [0.05, 0.1) is 11.8 Å². The second-order valence-electron chi connectivity index (χ2n) is 11.4. The van der Waals surface area contributed by atoms with Crippen LogP contribution >= 0.6 is 11.8 Å². The van der Waals surface area contributed by atoms with E-state index in [9.17, 15) is 22.8 Å². The number of carboxylic acid groups (broad SMARTS) is 1. The first-order chi connectivity index (χ1) is 21.0. The van der Waals surface area contributed by atoms with Crippen LogP contribution in [0.4, 0.5) is 0 Å². The van der Waals surface area contributed by atoms with Gasteiger partial charge in [0, 0.05) is 30.8 Å². The fourth-order valence-electron chi connectivity index (χ4n) is 4.88. The molecular weight excluding hydrogens is 601 g/mol. The molecule has 2 aliphatic rings. The molecule has 242 valence electrons. The van der Waals surface area contributed by atoms with Crippen LogP contribution in [0.2, 0.25) is 0 Å². The Balaban J connectivity index is 0.000000333. The van der Waals surface area contributed by atoms with Crippen molar-refractivity contribution >= 4 is 45.1 Å². The molecule has 2 aromatic rings. The summed E-state index contributed by atoms with van der Waals surface area (Å²) in [5, 5.41) is 6.87. The predicted molar refractivity (Wildman–Crippen MR) is 175 cm³/mol. The van der Waals surface area contributed by atoms with Crippen LogP contribution in [0.3, 0.4) is 0 Å². The number of sulfonamides is 1. The minimum atomic E-state index is -3.48. The second-order valence-corrected chi connectivity index (χ2v) is 14.5. The average molecular weight is 647 g/mol. The standard InChI is InChI=1S/C21H25NO3S2.C11H19NO2.CH2O2/c23-21(26-16-8-13-18-9-3-1-4-10-18)20-14-7-15-22(20)27(24,25)17-19-11-5-2-6-12-19;1-4-11(2,3)9(13)10(14)12-7-5-6-8-12;2-1-3/h1-6,9-12,20H,7-8,13-17H2;4-8H2,1-3H3;1H,(H,2,3)/t20-;;/m0../s1. The van der Waals surface area contributed by atoms with E-state index in [4.69, 9.17) is 9.90 Å². The lowest BCUT2D eigenvalue weighted by atomic mass is 9.84.